The van der Waals surface area contributed by atoms with Crippen molar-refractivity contribution in [3.63, 3.8) is 0 Å². The van der Waals surface area contributed by atoms with Gasteiger partial charge in [0.2, 0.25) is 0 Å². The van der Waals surface area contributed by atoms with Crippen molar-refractivity contribution in [2.45, 2.75) is 19.4 Å². The lowest BCUT2D eigenvalue weighted by molar-refractivity contribution is -0.148. The van der Waals surface area contributed by atoms with Crippen LogP contribution in [0.5, 0.6) is 0 Å². The molecule has 1 saturated heterocycles. The fourth-order valence-electron chi connectivity index (χ4n) is 3.61. The first kappa shape index (κ1) is 18.4. The van der Waals surface area contributed by atoms with Crippen LogP contribution in [-0.2, 0) is 16.1 Å². The van der Waals surface area contributed by atoms with E-state index in [4.69, 9.17) is 16.3 Å². The first-order valence-electron chi connectivity index (χ1n) is 8.75. The topological polar surface area (TPSA) is 53.3 Å². The van der Waals surface area contributed by atoms with Crippen molar-refractivity contribution in [3.05, 3.63) is 70.2 Å². The predicted octanol–water partition coefficient (Wildman–Crippen LogP) is 3.99. The average molecular weight is 369 g/mol. The molecule has 0 saturated carbocycles. The molecule has 0 N–H and O–H groups in total. The van der Waals surface area contributed by atoms with Crippen LogP contribution in [0.15, 0.2) is 48.5 Å². The molecule has 134 valence electrons. The Labute approximate surface area is 158 Å². The monoisotopic (exact) mass is 368 g/mol. The largest absolute Gasteiger partial charge is 0.466 e. The van der Waals surface area contributed by atoms with Crippen LogP contribution < -0.4 is 0 Å². The summed E-state index contributed by atoms with van der Waals surface area (Å²) in [6, 6.07) is 17.5. The van der Waals surface area contributed by atoms with Crippen molar-refractivity contribution in [1.82, 2.24) is 4.90 Å². The number of rotatable bonds is 5. The molecule has 1 aliphatic rings. The molecule has 2 aromatic carbocycles. The molecule has 0 aromatic heterocycles. The van der Waals surface area contributed by atoms with Gasteiger partial charge in [-0.05, 0) is 30.2 Å². The summed E-state index contributed by atoms with van der Waals surface area (Å²) in [5.41, 5.74) is 2.56. The Morgan fingerprint density at radius 1 is 1.23 bits per heavy atom. The van der Waals surface area contributed by atoms with Gasteiger partial charge in [0, 0.05) is 30.6 Å². The molecule has 2 aromatic rings. The zero-order valence-electron chi connectivity index (χ0n) is 14.7. The van der Waals surface area contributed by atoms with E-state index in [9.17, 15) is 10.1 Å². The van der Waals surface area contributed by atoms with Crippen molar-refractivity contribution in [2.75, 3.05) is 19.7 Å². The van der Waals surface area contributed by atoms with Crippen LogP contribution in [0.4, 0.5) is 0 Å². The molecule has 0 aliphatic carbocycles. The molecule has 0 radical (unpaired) electrons. The van der Waals surface area contributed by atoms with Crippen LogP contribution in [-0.4, -0.2) is 30.6 Å². The minimum atomic E-state index is -0.285. The quantitative estimate of drug-likeness (QED) is 0.749. The summed E-state index contributed by atoms with van der Waals surface area (Å²) in [6.07, 6.45) is 0. The van der Waals surface area contributed by atoms with E-state index in [0.29, 0.717) is 31.8 Å². The molecule has 0 amide bonds. The fourth-order valence-corrected chi connectivity index (χ4v) is 3.80. The van der Waals surface area contributed by atoms with Crippen LogP contribution in [0.1, 0.15) is 29.5 Å². The molecule has 0 unspecified atom stereocenters. The Kier molecular flexibility index (Phi) is 5.92. The van der Waals surface area contributed by atoms with E-state index < -0.39 is 0 Å². The normalized spacial score (nSPS) is 19.9. The van der Waals surface area contributed by atoms with Crippen LogP contribution >= 0.6 is 11.6 Å². The number of nitriles is 1. The van der Waals surface area contributed by atoms with Gasteiger partial charge in [-0.1, -0.05) is 48.0 Å². The zero-order chi connectivity index (χ0) is 18.5. The van der Waals surface area contributed by atoms with Gasteiger partial charge in [0.15, 0.2) is 0 Å². The summed E-state index contributed by atoms with van der Waals surface area (Å²) < 4.78 is 5.30. The highest BCUT2D eigenvalue weighted by molar-refractivity contribution is 6.31. The molecule has 1 fully saturated rings. The predicted molar refractivity (Wildman–Crippen MR) is 101 cm³/mol. The Balaban J connectivity index is 1.87. The van der Waals surface area contributed by atoms with Gasteiger partial charge >= 0.3 is 5.97 Å². The van der Waals surface area contributed by atoms with Crippen molar-refractivity contribution in [2.24, 2.45) is 5.92 Å². The number of hydrogen-bond acceptors (Lipinski definition) is 4. The maximum Gasteiger partial charge on any atom is 0.310 e. The van der Waals surface area contributed by atoms with Crippen molar-refractivity contribution in [1.29, 1.82) is 5.26 Å². The van der Waals surface area contributed by atoms with E-state index in [0.717, 1.165) is 16.1 Å². The molecule has 26 heavy (non-hydrogen) atoms. The highest BCUT2D eigenvalue weighted by Gasteiger charge is 2.40. The Hall–Kier alpha value is -2.35. The molecule has 1 heterocycles. The first-order valence-corrected chi connectivity index (χ1v) is 9.13. The Morgan fingerprint density at radius 2 is 1.96 bits per heavy atom. The lowest BCUT2D eigenvalue weighted by Crippen LogP contribution is -2.25. The number of carbonyl (C=O) groups is 1. The number of ether oxygens (including phenoxy) is 1. The molecule has 0 bridgehead atoms. The highest BCUT2D eigenvalue weighted by atomic mass is 35.5. The molecule has 4 nitrogen and oxygen atoms in total. The van der Waals surface area contributed by atoms with E-state index in [1.165, 1.54) is 0 Å². The standard InChI is InChI=1S/C21H21ClN2O2/c1-2-26-21(25)19-14-24(12-16-8-4-6-10-20(16)22)13-18(19)17-9-5-3-7-15(17)11-23/h3-10,18-19H,2,12-14H2,1H3/t18-,19+/m0/s1. The third-order valence-electron chi connectivity index (χ3n) is 4.82. The maximum atomic E-state index is 12.5. The molecular weight excluding hydrogens is 348 g/mol. The SMILES string of the molecule is CCOC(=O)[C@@H]1CN(Cc2ccccc2Cl)C[C@H]1c1ccccc1C#N. The van der Waals surface area contributed by atoms with Crippen LogP contribution in [0.2, 0.25) is 5.02 Å². The number of halogens is 1. The van der Waals surface area contributed by atoms with Gasteiger partial charge in [-0.3, -0.25) is 9.69 Å². The summed E-state index contributed by atoms with van der Waals surface area (Å²) in [5.74, 6) is -0.550. The van der Waals surface area contributed by atoms with E-state index in [1.807, 2.05) is 49.4 Å². The minimum Gasteiger partial charge on any atom is -0.466 e. The summed E-state index contributed by atoms with van der Waals surface area (Å²) in [4.78, 5) is 14.7. The first-order chi connectivity index (χ1) is 12.6. The second kappa shape index (κ2) is 8.35. The van der Waals surface area contributed by atoms with Crippen molar-refractivity contribution in [3.8, 4) is 6.07 Å². The summed E-state index contributed by atoms with van der Waals surface area (Å²) in [7, 11) is 0. The lowest BCUT2D eigenvalue weighted by Gasteiger charge is -2.18. The number of carbonyl (C=O) groups excluding carboxylic acids is 1. The van der Waals surface area contributed by atoms with E-state index in [1.54, 1.807) is 6.07 Å². The summed E-state index contributed by atoms with van der Waals surface area (Å²) in [5, 5.41) is 10.2. The van der Waals surface area contributed by atoms with Gasteiger partial charge in [-0.2, -0.15) is 5.26 Å². The van der Waals surface area contributed by atoms with E-state index >= 15 is 0 Å². The number of hydrogen-bond donors (Lipinski definition) is 0. The van der Waals surface area contributed by atoms with Gasteiger partial charge in [-0.15, -0.1) is 0 Å². The van der Waals surface area contributed by atoms with Gasteiger partial charge in [0.05, 0.1) is 24.2 Å². The van der Waals surface area contributed by atoms with Crippen molar-refractivity contribution >= 4 is 17.6 Å². The summed E-state index contributed by atoms with van der Waals surface area (Å²) >= 11 is 6.29. The maximum absolute atomic E-state index is 12.5. The molecule has 2 atom stereocenters. The molecular formula is C21H21ClN2O2. The summed E-state index contributed by atoms with van der Waals surface area (Å²) in [6.45, 7) is 4.11. The smallest absolute Gasteiger partial charge is 0.310 e. The highest BCUT2D eigenvalue weighted by Crippen LogP contribution is 2.36. The number of likely N-dealkylation sites (tertiary alicyclic amines) is 1. The van der Waals surface area contributed by atoms with E-state index in [-0.39, 0.29) is 17.8 Å². The average Bonchev–Trinajstić information content (AvgIpc) is 3.07. The van der Waals surface area contributed by atoms with Crippen molar-refractivity contribution < 1.29 is 9.53 Å². The van der Waals surface area contributed by atoms with Crippen LogP contribution in [0.3, 0.4) is 0 Å². The van der Waals surface area contributed by atoms with Gasteiger partial charge in [0.1, 0.15) is 0 Å². The second-order valence-electron chi connectivity index (χ2n) is 6.45. The van der Waals surface area contributed by atoms with Gasteiger partial charge in [0.25, 0.3) is 0 Å². The Morgan fingerprint density at radius 3 is 2.69 bits per heavy atom. The number of benzene rings is 2. The van der Waals surface area contributed by atoms with E-state index in [2.05, 4.69) is 11.0 Å². The third kappa shape index (κ3) is 3.90. The Bertz CT molecular complexity index is 831. The number of nitrogens with zero attached hydrogens (tertiary/aromatic N) is 2. The molecule has 0 spiro atoms. The molecule has 3 rings (SSSR count). The molecule has 1 aliphatic heterocycles. The molecule has 5 heteroatoms. The number of esters is 1. The fraction of sp³-hybridized carbons (Fsp3) is 0.333. The van der Waals surface area contributed by atoms with Gasteiger partial charge < -0.3 is 4.74 Å². The third-order valence-corrected chi connectivity index (χ3v) is 5.19. The second-order valence-corrected chi connectivity index (χ2v) is 6.86. The van der Waals surface area contributed by atoms with Gasteiger partial charge in [-0.25, -0.2) is 0 Å². The minimum absolute atomic E-state index is 0.0626. The lowest BCUT2D eigenvalue weighted by atomic mass is 9.86. The zero-order valence-corrected chi connectivity index (χ0v) is 15.4. The van der Waals surface area contributed by atoms with Crippen LogP contribution in [0.25, 0.3) is 0 Å². The van der Waals surface area contributed by atoms with Crippen LogP contribution in [0, 0.1) is 17.2 Å².